The molecule has 0 saturated carbocycles. The molecule has 3 aromatic rings. The van der Waals surface area contributed by atoms with E-state index in [1.54, 1.807) is 19.4 Å². The van der Waals surface area contributed by atoms with Gasteiger partial charge in [-0.25, -0.2) is 0 Å². The number of rotatable bonds is 9. The van der Waals surface area contributed by atoms with Crippen LogP contribution in [0.1, 0.15) is 21.6 Å². The molecule has 0 aliphatic heterocycles. The maximum absolute atomic E-state index is 12.4. The van der Waals surface area contributed by atoms with Crippen LogP contribution in [0.4, 0.5) is 5.69 Å². The Hall–Kier alpha value is -3.34. The molecule has 2 N–H and O–H groups in total. The molecule has 0 unspecified atom stereocenters. The number of carbonyl (C=O) groups excluding carboxylic acids is 1. The minimum Gasteiger partial charge on any atom is -0.497 e. The molecule has 0 fully saturated rings. The average Bonchev–Trinajstić information content (AvgIpc) is 2.75. The Balaban J connectivity index is 1.47. The lowest BCUT2D eigenvalue weighted by molar-refractivity contribution is 0.0949. The molecule has 5 heteroatoms. The normalized spacial score (nSPS) is 10.3. The first-order chi connectivity index (χ1) is 13.7. The Kier molecular flexibility index (Phi) is 7.01. The highest BCUT2D eigenvalue weighted by atomic mass is 16.5. The molecular formula is C23H25N3O2. The number of carbonyl (C=O) groups is 1. The molecule has 1 amide bonds. The zero-order valence-electron chi connectivity index (χ0n) is 16.0. The summed E-state index contributed by atoms with van der Waals surface area (Å²) in [6.07, 6.45) is 3.31. The third kappa shape index (κ3) is 5.84. The van der Waals surface area contributed by atoms with E-state index >= 15 is 0 Å². The minimum absolute atomic E-state index is 0.172. The van der Waals surface area contributed by atoms with E-state index in [0.717, 1.165) is 36.4 Å². The molecule has 0 atom stereocenters. The summed E-state index contributed by atoms with van der Waals surface area (Å²) < 4.78 is 5.22. The third-order valence-electron chi connectivity index (χ3n) is 4.41. The van der Waals surface area contributed by atoms with Gasteiger partial charge in [0.15, 0.2) is 0 Å². The molecule has 0 radical (unpaired) electrons. The minimum atomic E-state index is -0.172. The Morgan fingerprint density at radius 1 is 0.929 bits per heavy atom. The van der Waals surface area contributed by atoms with Gasteiger partial charge in [0.25, 0.3) is 5.91 Å². The molecule has 0 aliphatic carbocycles. The Labute approximate surface area is 165 Å². The molecule has 1 aromatic heterocycles. The van der Waals surface area contributed by atoms with Gasteiger partial charge in [0, 0.05) is 25.0 Å². The van der Waals surface area contributed by atoms with Crippen molar-refractivity contribution in [3.05, 3.63) is 89.7 Å². The summed E-state index contributed by atoms with van der Waals surface area (Å²) in [5.41, 5.74) is 3.70. The fourth-order valence-corrected chi connectivity index (χ4v) is 2.90. The number of hydrogen-bond donors (Lipinski definition) is 2. The Bertz CT molecular complexity index is 897. The maximum atomic E-state index is 12.4. The second-order valence-corrected chi connectivity index (χ2v) is 6.45. The number of ether oxygens (including phenoxy) is 1. The molecule has 0 aliphatic rings. The fourth-order valence-electron chi connectivity index (χ4n) is 2.90. The van der Waals surface area contributed by atoms with Crippen LogP contribution in [-0.4, -0.2) is 31.1 Å². The lowest BCUT2D eigenvalue weighted by atomic mass is 10.1. The molecule has 144 valence electrons. The molecule has 5 nitrogen and oxygen atoms in total. The van der Waals surface area contributed by atoms with Gasteiger partial charge >= 0.3 is 0 Å². The molecule has 1 heterocycles. The van der Waals surface area contributed by atoms with Crippen LogP contribution >= 0.6 is 0 Å². The van der Waals surface area contributed by atoms with Gasteiger partial charge in [0.1, 0.15) is 11.4 Å². The van der Waals surface area contributed by atoms with Crippen molar-refractivity contribution in [1.29, 1.82) is 0 Å². The van der Waals surface area contributed by atoms with E-state index in [1.165, 1.54) is 5.56 Å². The van der Waals surface area contributed by atoms with Crippen molar-refractivity contribution in [1.82, 2.24) is 10.3 Å². The van der Waals surface area contributed by atoms with Gasteiger partial charge < -0.3 is 15.4 Å². The molecule has 0 saturated heterocycles. The van der Waals surface area contributed by atoms with E-state index < -0.39 is 0 Å². The van der Waals surface area contributed by atoms with Crippen LogP contribution in [0.25, 0.3) is 0 Å². The van der Waals surface area contributed by atoms with Gasteiger partial charge in [-0.15, -0.1) is 0 Å². The highest BCUT2D eigenvalue weighted by molar-refractivity contribution is 5.93. The second kappa shape index (κ2) is 10.1. The van der Waals surface area contributed by atoms with Crippen LogP contribution in [0.2, 0.25) is 0 Å². The highest BCUT2D eigenvalue weighted by Gasteiger charge is 2.07. The molecule has 0 bridgehead atoms. The van der Waals surface area contributed by atoms with E-state index in [4.69, 9.17) is 4.74 Å². The fraction of sp³-hybridized carbons (Fsp3) is 0.217. The van der Waals surface area contributed by atoms with E-state index in [2.05, 4.69) is 27.8 Å². The summed E-state index contributed by atoms with van der Waals surface area (Å²) in [7, 11) is 1.65. The highest BCUT2D eigenvalue weighted by Crippen LogP contribution is 2.13. The number of nitrogens with zero attached hydrogens (tertiary/aromatic N) is 1. The van der Waals surface area contributed by atoms with Crippen molar-refractivity contribution >= 4 is 11.6 Å². The van der Waals surface area contributed by atoms with Gasteiger partial charge in [-0.3, -0.25) is 9.78 Å². The summed E-state index contributed by atoms with van der Waals surface area (Å²) in [6, 6.07) is 21.8. The van der Waals surface area contributed by atoms with Crippen LogP contribution in [-0.2, 0) is 12.8 Å². The largest absolute Gasteiger partial charge is 0.497 e. The topological polar surface area (TPSA) is 63.2 Å². The predicted octanol–water partition coefficient (Wildman–Crippen LogP) is 3.72. The van der Waals surface area contributed by atoms with Crippen LogP contribution in [0, 0.1) is 0 Å². The number of benzene rings is 2. The summed E-state index contributed by atoms with van der Waals surface area (Å²) in [5, 5.41) is 6.27. The smallest absolute Gasteiger partial charge is 0.269 e. The van der Waals surface area contributed by atoms with Crippen molar-refractivity contribution in [2.24, 2.45) is 0 Å². The zero-order chi connectivity index (χ0) is 19.6. The first kappa shape index (κ1) is 19.4. The summed E-state index contributed by atoms with van der Waals surface area (Å²) in [4.78, 5) is 16.6. The molecule has 3 rings (SSSR count). The van der Waals surface area contributed by atoms with Gasteiger partial charge in [0.2, 0.25) is 0 Å². The number of methoxy groups -OCH3 is 1. The van der Waals surface area contributed by atoms with E-state index in [9.17, 15) is 4.79 Å². The number of hydrogen-bond acceptors (Lipinski definition) is 4. The van der Waals surface area contributed by atoms with E-state index in [0.29, 0.717) is 12.2 Å². The SMILES string of the molecule is COc1cccc(CCNC(=O)c2cc(NCCc3ccccc3)ccn2)c1. The van der Waals surface area contributed by atoms with Crippen molar-refractivity contribution < 1.29 is 9.53 Å². The number of nitrogens with one attached hydrogen (secondary N) is 2. The maximum Gasteiger partial charge on any atom is 0.269 e. The van der Waals surface area contributed by atoms with Crippen molar-refractivity contribution in [2.75, 3.05) is 25.5 Å². The first-order valence-corrected chi connectivity index (χ1v) is 9.39. The quantitative estimate of drug-likeness (QED) is 0.598. The standard InChI is InChI=1S/C23H25N3O2/c1-28-21-9-5-8-19(16-21)11-14-26-23(27)22-17-20(12-15-25-22)24-13-10-18-6-3-2-4-7-18/h2-9,12,15-17H,10-11,13-14H2,1H3,(H,24,25)(H,26,27). The van der Waals surface area contributed by atoms with Crippen molar-refractivity contribution in [3.63, 3.8) is 0 Å². The first-order valence-electron chi connectivity index (χ1n) is 9.39. The Morgan fingerprint density at radius 3 is 2.54 bits per heavy atom. The summed E-state index contributed by atoms with van der Waals surface area (Å²) in [6.45, 7) is 1.34. The Morgan fingerprint density at radius 2 is 1.71 bits per heavy atom. The zero-order valence-corrected chi connectivity index (χ0v) is 16.0. The van der Waals surface area contributed by atoms with Crippen LogP contribution in [0.15, 0.2) is 72.9 Å². The monoisotopic (exact) mass is 375 g/mol. The van der Waals surface area contributed by atoms with Gasteiger partial charge in [-0.1, -0.05) is 42.5 Å². The second-order valence-electron chi connectivity index (χ2n) is 6.45. The lowest BCUT2D eigenvalue weighted by Gasteiger charge is -2.09. The lowest BCUT2D eigenvalue weighted by Crippen LogP contribution is -2.26. The summed E-state index contributed by atoms with van der Waals surface area (Å²) in [5.74, 6) is 0.648. The average molecular weight is 375 g/mol. The number of anilines is 1. The number of pyridine rings is 1. The molecule has 0 spiro atoms. The molecular weight excluding hydrogens is 350 g/mol. The van der Waals surface area contributed by atoms with Crippen molar-refractivity contribution in [2.45, 2.75) is 12.8 Å². The van der Waals surface area contributed by atoms with Crippen molar-refractivity contribution in [3.8, 4) is 5.75 Å². The van der Waals surface area contributed by atoms with Gasteiger partial charge in [-0.2, -0.15) is 0 Å². The number of aromatic nitrogens is 1. The summed E-state index contributed by atoms with van der Waals surface area (Å²) >= 11 is 0. The van der Waals surface area contributed by atoms with Crippen LogP contribution in [0.5, 0.6) is 5.75 Å². The molecule has 28 heavy (non-hydrogen) atoms. The van der Waals surface area contributed by atoms with Crippen LogP contribution < -0.4 is 15.4 Å². The van der Waals surface area contributed by atoms with Gasteiger partial charge in [0.05, 0.1) is 7.11 Å². The van der Waals surface area contributed by atoms with E-state index in [1.807, 2.05) is 48.5 Å². The predicted molar refractivity (Wildman–Crippen MR) is 112 cm³/mol. The van der Waals surface area contributed by atoms with Crippen LogP contribution in [0.3, 0.4) is 0 Å². The molecule has 2 aromatic carbocycles. The number of amides is 1. The van der Waals surface area contributed by atoms with Gasteiger partial charge in [-0.05, 0) is 48.2 Å². The third-order valence-corrected chi connectivity index (χ3v) is 4.41. The van der Waals surface area contributed by atoms with E-state index in [-0.39, 0.29) is 5.91 Å².